The van der Waals surface area contributed by atoms with E-state index in [9.17, 15) is 9.59 Å². The van der Waals surface area contributed by atoms with Gasteiger partial charge < -0.3 is 5.32 Å². The van der Waals surface area contributed by atoms with Gasteiger partial charge in [-0.15, -0.1) is 11.3 Å². The third-order valence-electron chi connectivity index (χ3n) is 4.64. The highest BCUT2D eigenvalue weighted by Crippen LogP contribution is 2.33. The van der Waals surface area contributed by atoms with Gasteiger partial charge in [-0.3, -0.25) is 14.2 Å². The average molecular weight is 333 g/mol. The predicted molar refractivity (Wildman–Crippen MR) is 93.0 cm³/mol. The number of fused-ring (bicyclic) bond motifs is 3. The predicted octanol–water partition coefficient (Wildman–Crippen LogP) is 2.50. The highest BCUT2D eigenvalue weighted by atomic mass is 32.1. The average Bonchev–Trinajstić information content (AvgIpc) is 2.89. The van der Waals surface area contributed by atoms with Crippen molar-refractivity contribution in [1.29, 1.82) is 0 Å². The summed E-state index contributed by atoms with van der Waals surface area (Å²) in [6.07, 6.45) is 5.81. The Morgan fingerprint density at radius 3 is 2.83 bits per heavy atom. The highest BCUT2D eigenvalue weighted by molar-refractivity contribution is 7.18. The number of nitrogens with zero attached hydrogens (tertiary/aromatic N) is 2. The molecule has 1 N–H and O–H groups in total. The van der Waals surface area contributed by atoms with E-state index in [1.165, 1.54) is 27.8 Å². The van der Waals surface area contributed by atoms with Crippen molar-refractivity contribution in [2.24, 2.45) is 5.92 Å². The molecule has 6 heteroatoms. The van der Waals surface area contributed by atoms with Crippen LogP contribution in [0.5, 0.6) is 0 Å². The van der Waals surface area contributed by atoms with Gasteiger partial charge in [-0.05, 0) is 44.1 Å². The topological polar surface area (TPSA) is 64.0 Å². The summed E-state index contributed by atoms with van der Waals surface area (Å²) in [4.78, 5) is 31.4. The third-order valence-corrected chi connectivity index (χ3v) is 5.84. The number of hydrogen-bond acceptors (Lipinski definition) is 4. The molecule has 1 aliphatic carbocycles. The van der Waals surface area contributed by atoms with E-state index in [0.717, 1.165) is 29.5 Å². The molecule has 1 amide bonds. The lowest BCUT2D eigenvalue weighted by atomic mass is 9.97. The quantitative estimate of drug-likeness (QED) is 0.935. The van der Waals surface area contributed by atoms with E-state index in [0.29, 0.717) is 5.92 Å². The van der Waals surface area contributed by atoms with Crippen LogP contribution in [-0.4, -0.2) is 21.5 Å². The van der Waals surface area contributed by atoms with E-state index < -0.39 is 0 Å². The molecule has 23 heavy (non-hydrogen) atoms. The number of carbonyl (C=O) groups excluding carboxylic acids is 1. The van der Waals surface area contributed by atoms with Crippen molar-refractivity contribution < 1.29 is 4.79 Å². The maximum Gasteiger partial charge on any atom is 0.262 e. The van der Waals surface area contributed by atoms with Gasteiger partial charge in [0.05, 0.1) is 11.7 Å². The summed E-state index contributed by atoms with van der Waals surface area (Å²) in [5.41, 5.74) is 1.08. The SMILES string of the molecule is CC(C)[C@H](C)NC(=O)Cn1cnc2sc3c(c2c1=O)CCCC3. The molecular formula is C17H23N3O2S. The first-order chi connectivity index (χ1) is 11.0. The minimum absolute atomic E-state index is 0.0312. The lowest BCUT2D eigenvalue weighted by Crippen LogP contribution is -2.39. The van der Waals surface area contributed by atoms with Gasteiger partial charge in [-0.1, -0.05) is 13.8 Å². The molecule has 2 aromatic heterocycles. The van der Waals surface area contributed by atoms with E-state index in [2.05, 4.69) is 24.1 Å². The number of hydrogen-bond donors (Lipinski definition) is 1. The molecule has 124 valence electrons. The Morgan fingerprint density at radius 1 is 1.35 bits per heavy atom. The zero-order chi connectivity index (χ0) is 16.6. The number of carbonyl (C=O) groups is 1. The lowest BCUT2D eigenvalue weighted by molar-refractivity contribution is -0.122. The van der Waals surface area contributed by atoms with Gasteiger partial charge in [-0.25, -0.2) is 4.98 Å². The van der Waals surface area contributed by atoms with Gasteiger partial charge in [-0.2, -0.15) is 0 Å². The van der Waals surface area contributed by atoms with Crippen LogP contribution in [0.15, 0.2) is 11.1 Å². The number of amides is 1. The first-order valence-corrected chi connectivity index (χ1v) is 9.08. The summed E-state index contributed by atoms with van der Waals surface area (Å²) in [7, 11) is 0. The molecule has 2 aromatic rings. The van der Waals surface area contributed by atoms with E-state index in [1.807, 2.05) is 6.92 Å². The Kier molecular flexibility index (Phi) is 4.53. The summed E-state index contributed by atoms with van der Waals surface area (Å²) < 4.78 is 1.44. The number of aryl methyl sites for hydroxylation is 2. The minimum Gasteiger partial charge on any atom is -0.352 e. The molecular weight excluding hydrogens is 310 g/mol. The van der Waals surface area contributed by atoms with Gasteiger partial charge in [0.15, 0.2) is 0 Å². The zero-order valence-corrected chi connectivity index (χ0v) is 14.7. The smallest absolute Gasteiger partial charge is 0.262 e. The molecule has 0 aromatic carbocycles. The van der Waals surface area contributed by atoms with Gasteiger partial charge in [0.2, 0.25) is 5.91 Å². The number of thiophene rings is 1. The van der Waals surface area contributed by atoms with E-state index in [1.54, 1.807) is 11.3 Å². The van der Waals surface area contributed by atoms with Crippen LogP contribution in [0.2, 0.25) is 0 Å². The van der Waals surface area contributed by atoms with Crippen LogP contribution < -0.4 is 10.9 Å². The molecule has 0 spiro atoms. The summed E-state index contributed by atoms with van der Waals surface area (Å²) >= 11 is 1.63. The molecule has 3 rings (SSSR count). The summed E-state index contributed by atoms with van der Waals surface area (Å²) in [5, 5.41) is 3.67. The number of aromatic nitrogens is 2. The molecule has 0 bridgehead atoms. The van der Waals surface area contributed by atoms with E-state index in [4.69, 9.17) is 0 Å². The van der Waals surface area contributed by atoms with Crippen molar-refractivity contribution >= 4 is 27.5 Å². The zero-order valence-electron chi connectivity index (χ0n) is 13.9. The molecule has 0 saturated carbocycles. The van der Waals surface area contributed by atoms with Gasteiger partial charge in [0.1, 0.15) is 11.4 Å². The number of nitrogens with one attached hydrogen (secondary N) is 1. The number of rotatable bonds is 4. The van der Waals surface area contributed by atoms with Gasteiger partial charge in [0, 0.05) is 10.9 Å². The van der Waals surface area contributed by atoms with Crippen molar-refractivity contribution in [3.05, 3.63) is 27.1 Å². The maximum absolute atomic E-state index is 12.8. The Balaban J connectivity index is 1.89. The van der Waals surface area contributed by atoms with E-state index >= 15 is 0 Å². The lowest BCUT2D eigenvalue weighted by Gasteiger charge is -2.17. The molecule has 2 heterocycles. The van der Waals surface area contributed by atoms with Crippen LogP contribution in [0, 0.1) is 5.92 Å². The van der Waals surface area contributed by atoms with Gasteiger partial charge >= 0.3 is 0 Å². The van der Waals surface area contributed by atoms with Crippen LogP contribution in [0.4, 0.5) is 0 Å². The molecule has 1 atom stereocenters. The normalized spacial score (nSPS) is 15.7. The largest absolute Gasteiger partial charge is 0.352 e. The molecule has 5 nitrogen and oxygen atoms in total. The monoisotopic (exact) mass is 333 g/mol. The van der Waals surface area contributed by atoms with Crippen molar-refractivity contribution in [2.45, 2.75) is 59.0 Å². The fourth-order valence-corrected chi connectivity index (χ4v) is 4.13. The Labute approximate surface area is 139 Å². The highest BCUT2D eigenvalue weighted by Gasteiger charge is 2.20. The van der Waals surface area contributed by atoms with Crippen LogP contribution in [-0.2, 0) is 24.2 Å². The molecule has 0 fully saturated rings. The Morgan fingerprint density at radius 2 is 2.09 bits per heavy atom. The fourth-order valence-electron chi connectivity index (χ4n) is 2.91. The van der Waals surface area contributed by atoms with Crippen LogP contribution in [0.3, 0.4) is 0 Å². The first-order valence-electron chi connectivity index (χ1n) is 8.26. The second kappa shape index (κ2) is 6.43. The van der Waals surface area contributed by atoms with Crippen molar-refractivity contribution in [3.63, 3.8) is 0 Å². The van der Waals surface area contributed by atoms with Crippen molar-refractivity contribution in [2.75, 3.05) is 0 Å². The Bertz CT molecular complexity index is 791. The van der Waals surface area contributed by atoms with Crippen LogP contribution >= 0.6 is 11.3 Å². The second-order valence-corrected chi connectivity index (χ2v) is 7.75. The first kappa shape index (κ1) is 16.2. The molecule has 0 unspecified atom stereocenters. The van der Waals surface area contributed by atoms with Crippen molar-refractivity contribution in [3.8, 4) is 0 Å². The summed E-state index contributed by atoms with van der Waals surface area (Å²) in [6.45, 7) is 6.12. The molecule has 0 aliphatic heterocycles. The molecule has 1 aliphatic rings. The third kappa shape index (κ3) is 3.17. The molecule has 0 radical (unpaired) electrons. The summed E-state index contributed by atoms with van der Waals surface area (Å²) in [6, 6.07) is 0.0869. The van der Waals surface area contributed by atoms with Gasteiger partial charge in [0.25, 0.3) is 5.56 Å². The second-order valence-electron chi connectivity index (χ2n) is 6.67. The van der Waals surface area contributed by atoms with Crippen LogP contribution in [0.25, 0.3) is 10.2 Å². The van der Waals surface area contributed by atoms with Crippen molar-refractivity contribution in [1.82, 2.24) is 14.9 Å². The van der Waals surface area contributed by atoms with E-state index in [-0.39, 0.29) is 24.1 Å². The maximum atomic E-state index is 12.8. The Hall–Kier alpha value is -1.69. The molecule has 0 saturated heterocycles. The standard InChI is InChI=1S/C17H23N3O2S/c1-10(2)11(3)19-14(21)8-20-9-18-16-15(17(20)22)12-6-4-5-7-13(12)23-16/h9-11H,4-8H2,1-3H3,(H,19,21)/t11-/m0/s1. The fraction of sp³-hybridized carbons (Fsp3) is 0.588. The van der Waals surface area contributed by atoms with Crippen LogP contribution in [0.1, 0.15) is 44.1 Å². The minimum atomic E-state index is -0.140. The summed E-state index contributed by atoms with van der Waals surface area (Å²) in [5.74, 6) is 0.221.